The monoisotopic (exact) mass is 264 g/mol. The molecular weight excluding hydrogens is 248 g/mol. The summed E-state index contributed by atoms with van der Waals surface area (Å²) in [6.45, 7) is 0.682. The fourth-order valence-electron chi connectivity index (χ4n) is 1.57. The molecule has 0 aromatic heterocycles. The summed E-state index contributed by atoms with van der Waals surface area (Å²) in [5.41, 5.74) is 1.15. The molecule has 0 unspecified atom stereocenters. The quantitative estimate of drug-likeness (QED) is 0.608. The maximum atomic E-state index is 11.7. The van der Waals surface area contributed by atoms with Crippen LogP contribution in [0.2, 0.25) is 0 Å². The van der Waals surface area contributed by atoms with E-state index in [1.54, 1.807) is 24.3 Å². The van der Waals surface area contributed by atoms with Crippen LogP contribution < -0.4 is 5.32 Å². The second-order valence-electron chi connectivity index (χ2n) is 4.05. The topological polar surface area (TPSA) is 52.9 Å². The van der Waals surface area contributed by atoms with Crippen molar-refractivity contribution in [3.8, 4) is 6.07 Å². The summed E-state index contributed by atoms with van der Waals surface area (Å²) in [6.07, 6.45) is 4.20. The van der Waals surface area contributed by atoms with Gasteiger partial charge in [0, 0.05) is 18.0 Å². The van der Waals surface area contributed by atoms with E-state index in [4.69, 9.17) is 16.9 Å². The molecule has 96 valence electrons. The van der Waals surface area contributed by atoms with Crippen molar-refractivity contribution in [3.63, 3.8) is 0 Å². The number of nitriles is 1. The highest BCUT2D eigenvalue weighted by Crippen LogP contribution is 2.04. The van der Waals surface area contributed by atoms with E-state index in [9.17, 15) is 4.79 Å². The smallest absolute Gasteiger partial charge is 0.251 e. The third kappa shape index (κ3) is 5.20. The van der Waals surface area contributed by atoms with Crippen molar-refractivity contribution in [2.75, 3.05) is 12.4 Å². The zero-order valence-corrected chi connectivity index (χ0v) is 11.0. The SMILES string of the molecule is N#Cc1ccc(C(=O)NCCCCCCCl)cc1. The highest BCUT2D eigenvalue weighted by Gasteiger charge is 2.03. The van der Waals surface area contributed by atoms with E-state index in [0.717, 1.165) is 25.7 Å². The largest absolute Gasteiger partial charge is 0.352 e. The van der Waals surface area contributed by atoms with Crippen molar-refractivity contribution in [1.29, 1.82) is 5.26 Å². The Kier molecular flexibility index (Phi) is 6.90. The normalized spacial score (nSPS) is 9.78. The summed E-state index contributed by atoms with van der Waals surface area (Å²) in [5, 5.41) is 11.5. The Morgan fingerprint density at radius 1 is 1.17 bits per heavy atom. The number of hydrogen-bond acceptors (Lipinski definition) is 2. The number of unbranched alkanes of at least 4 members (excludes halogenated alkanes) is 3. The lowest BCUT2D eigenvalue weighted by atomic mass is 10.1. The zero-order chi connectivity index (χ0) is 13.2. The van der Waals surface area contributed by atoms with Crippen LogP contribution in [0.3, 0.4) is 0 Å². The Balaban J connectivity index is 2.26. The number of carbonyl (C=O) groups is 1. The molecule has 0 aliphatic carbocycles. The molecule has 4 heteroatoms. The molecule has 3 nitrogen and oxygen atoms in total. The van der Waals surface area contributed by atoms with Crippen molar-refractivity contribution in [2.45, 2.75) is 25.7 Å². The molecule has 0 heterocycles. The van der Waals surface area contributed by atoms with Gasteiger partial charge in [0.1, 0.15) is 0 Å². The molecule has 1 rings (SSSR count). The number of alkyl halides is 1. The minimum Gasteiger partial charge on any atom is -0.352 e. The van der Waals surface area contributed by atoms with Gasteiger partial charge in [-0.2, -0.15) is 5.26 Å². The van der Waals surface area contributed by atoms with E-state index >= 15 is 0 Å². The van der Waals surface area contributed by atoms with Gasteiger partial charge in [0.05, 0.1) is 11.6 Å². The van der Waals surface area contributed by atoms with E-state index < -0.39 is 0 Å². The number of benzene rings is 1. The number of hydrogen-bond donors (Lipinski definition) is 1. The summed E-state index contributed by atoms with van der Waals surface area (Å²) < 4.78 is 0. The van der Waals surface area contributed by atoms with Crippen LogP contribution in [0.25, 0.3) is 0 Å². The molecule has 1 amide bonds. The van der Waals surface area contributed by atoms with Crippen LogP contribution in [0.5, 0.6) is 0 Å². The van der Waals surface area contributed by atoms with Gasteiger partial charge in [0.15, 0.2) is 0 Å². The first-order valence-electron chi connectivity index (χ1n) is 6.12. The molecule has 0 saturated heterocycles. The molecule has 0 aliphatic heterocycles. The first kappa shape index (κ1) is 14.5. The average molecular weight is 265 g/mol. The third-order valence-electron chi connectivity index (χ3n) is 2.62. The number of carbonyl (C=O) groups excluding carboxylic acids is 1. The van der Waals surface area contributed by atoms with Crippen LogP contribution in [0.1, 0.15) is 41.6 Å². The van der Waals surface area contributed by atoms with Crippen molar-refractivity contribution in [3.05, 3.63) is 35.4 Å². The van der Waals surface area contributed by atoms with Crippen LogP contribution in [-0.4, -0.2) is 18.3 Å². The molecule has 18 heavy (non-hydrogen) atoms. The standard InChI is InChI=1S/C14H17ClN2O/c15-9-3-1-2-4-10-17-14(18)13-7-5-12(11-16)6-8-13/h5-8H,1-4,9-10H2,(H,17,18). The number of nitrogens with one attached hydrogen (secondary N) is 1. The summed E-state index contributed by atoms with van der Waals surface area (Å²) in [7, 11) is 0. The summed E-state index contributed by atoms with van der Waals surface area (Å²) in [5.74, 6) is 0.620. The van der Waals surface area contributed by atoms with Gasteiger partial charge in [-0.3, -0.25) is 4.79 Å². The Morgan fingerprint density at radius 2 is 1.83 bits per heavy atom. The molecule has 0 saturated carbocycles. The predicted molar refractivity (Wildman–Crippen MR) is 72.7 cm³/mol. The molecule has 0 spiro atoms. The lowest BCUT2D eigenvalue weighted by Gasteiger charge is -2.05. The van der Waals surface area contributed by atoms with Crippen molar-refractivity contribution in [2.24, 2.45) is 0 Å². The van der Waals surface area contributed by atoms with Crippen LogP contribution in [0, 0.1) is 11.3 Å². The molecular formula is C14H17ClN2O. The zero-order valence-electron chi connectivity index (χ0n) is 10.3. The molecule has 0 atom stereocenters. The van der Waals surface area contributed by atoms with Gasteiger partial charge < -0.3 is 5.32 Å². The third-order valence-corrected chi connectivity index (χ3v) is 2.89. The first-order chi connectivity index (χ1) is 8.77. The van der Waals surface area contributed by atoms with Crippen LogP contribution in [0.4, 0.5) is 0 Å². The summed E-state index contributed by atoms with van der Waals surface area (Å²) in [6, 6.07) is 8.65. The van der Waals surface area contributed by atoms with Crippen molar-refractivity contribution >= 4 is 17.5 Å². The fourth-order valence-corrected chi connectivity index (χ4v) is 1.76. The number of amides is 1. The lowest BCUT2D eigenvalue weighted by molar-refractivity contribution is 0.0953. The molecule has 0 aliphatic rings. The Morgan fingerprint density at radius 3 is 2.44 bits per heavy atom. The van der Waals surface area contributed by atoms with E-state index in [-0.39, 0.29) is 5.91 Å². The average Bonchev–Trinajstić information content (AvgIpc) is 2.42. The molecule has 1 N–H and O–H groups in total. The maximum Gasteiger partial charge on any atom is 0.251 e. The lowest BCUT2D eigenvalue weighted by Crippen LogP contribution is -2.24. The first-order valence-corrected chi connectivity index (χ1v) is 6.65. The number of halogens is 1. The van der Waals surface area contributed by atoms with Crippen LogP contribution in [0.15, 0.2) is 24.3 Å². The number of nitrogens with zero attached hydrogens (tertiary/aromatic N) is 1. The van der Waals surface area contributed by atoms with Gasteiger partial charge in [-0.25, -0.2) is 0 Å². The fraction of sp³-hybridized carbons (Fsp3) is 0.429. The highest BCUT2D eigenvalue weighted by molar-refractivity contribution is 6.17. The highest BCUT2D eigenvalue weighted by atomic mass is 35.5. The molecule has 1 aromatic carbocycles. The Labute approximate surface area is 113 Å². The van der Waals surface area contributed by atoms with Crippen molar-refractivity contribution in [1.82, 2.24) is 5.32 Å². The summed E-state index contributed by atoms with van der Waals surface area (Å²) in [4.78, 5) is 11.7. The van der Waals surface area contributed by atoms with E-state index in [2.05, 4.69) is 5.32 Å². The van der Waals surface area contributed by atoms with Crippen LogP contribution in [-0.2, 0) is 0 Å². The molecule has 0 radical (unpaired) electrons. The number of rotatable bonds is 7. The molecule has 0 fully saturated rings. The second kappa shape index (κ2) is 8.54. The van der Waals surface area contributed by atoms with E-state index in [0.29, 0.717) is 23.6 Å². The van der Waals surface area contributed by atoms with Gasteiger partial charge >= 0.3 is 0 Å². The Bertz CT molecular complexity index is 409. The van der Waals surface area contributed by atoms with Gasteiger partial charge in [0.25, 0.3) is 5.91 Å². The second-order valence-corrected chi connectivity index (χ2v) is 4.43. The van der Waals surface area contributed by atoms with Gasteiger partial charge in [0.2, 0.25) is 0 Å². The maximum absolute atomic E-state index is 11.7. The van der Waals surface area contributed by atoms with Gasteiger partial charge in [-0.1, -0.05) is 12.8 Å². The summed E-state index contributed by atoms with van der Waals surface area (Å²) >= 11 is 5.58. The Hall–Kier alpha value is -1.53. The minimum absolute atomic E-state index is 0.0863. The van der Waals surface area contributed by atoms with Crippen molar-refractivity contribution < 1.29 is 4.79 Å². The molecule has 0 bridgehead atoms. The molecule has 1 aromatic rings. The van der Waals surface area contributed by atoms with Gasteiger partial charge in [-0.05, 0) is 37.1 Å². The van der Waals surface area contributed by atoms with Gasteiger partial charge in [-0.15, -0.1) is 11.6 Å². The van der Waals surface area contributed by atoms with Crippen LogP contribution >= 0.6 is 11.6 Å². The minimum atomic E-state index is -0.0863. The predicted octanol–water partition coefficient (Wildman–Crippen LogP) is 3.09. The van der Waals surface area contributed by atoms with E-state index in [1.807, 2.05) is 6.07 Å². The van der Waals surface area contributed by atoms with E-state index in [1.165, 1.54) is 0 Å².